The number of nitrogens with zero attached hydrogens (tertiary/aromatic N) is 2. The Balaban J connectivity index is 2.35. The number of carboxylic acids is 1. The fraction of sp³-hybridized carbons (Fsp3) is 0.200. The molecule has 0 radical (unpaired) electrons. The highest BCUT2D eigenvalue weighted by Crippen LogP contribution is 2.30. The minimum absolute atomic E-state index is 0.0789. The molecule has 2 aromatic heterocycles. The van der Waals surface area contributed by atoms with E-state index in [2.05, 4.69) is 20.2 Å². The molecule has 100 valence electrons. The first-order chi connectivity index (χ1) is 9.13. The number of carboxylic acid groups (broad SMARTS) is 1. The van der Waals surface area contributed by atoms with E-state index in [9.17, 15) is 14.7 Å². The summed E-state index contributed by atoms with van der Waals surface area (Å²) in [6.07, 6.45) is 1.52. The third-order valence-corrected chi connectivity index (χ3v) is 2.85. The molecule has 0 saturated carbocycles. The molecule has 2 heterocycles. The lowest BCUT2D eigenvalue weighted by atomic mass is 10.2. The van der Waals surface area contributed by atoms with Crippen molar-refractivity contribution < 1.29 is 24.0 Å². The van der Waals surface area contributed by atoms with E-state index < -0.39 is 11.9 Å². The molecule has 0 spiro atoms. The molecular formula is C10H9N3O5S. The van der Waals surface area contributed by atoms with Gasteiger partial charge in [-0.15, -0.1) is 11.3 Å². The summed E-state index contributed by atoms with van der Waals surface area (Å²) < 4.78 is 9.47. The number of ether oxygens (including phenoxy) is 1. The predicted octanol–water partition coefficient (Wildman–Crippen LogP) is 1.08. The molecule has 0 fully saturated rings. The van der Waals surface area contributed by atoms with Gasteiger partial charge in [-0.1, -0.05) is 5.16 Å². The summed E-state index contributed by atoms with van der Waals surface area (Å²) in [5, 5.41) is 17.2. The van der Waals surface area contributed by atoms with Crippen LogP contribution in [0.2, 0.25) is 0 Å². The van der Waals surface area contributed by atoms with Crippen molar-refractivity contribution in [1.29, 1.82) is 0 Å². The highest BCUT2D eigenvalue weighted by atomic mass is 32.1. The smallest absolute Gasteiger partial charge is 0.343 e. The summed E-state index contributed by atoms with van der Waals surface area (Å²) in [6, 6.07) is 0. The molecule has 2 rings (SSSR count). The van der Waals surface area contributed by atoms with Gasteiger partial charge in [0.05, 0.1) is 0 Å². The van der Waals surface area contributed by atoms with Crippen molar-refractivity contribution in [2.75, 3.05) is 19.0 Å². The highest BCUT2D eigenvalue weighted by Gasteiger charge is 2.26. The molecule has 2 N–H and O–H groups in total. The van der Waals surface area contributed by atoms with Crippen molar-refractivity contribution in [3.05, 3.63) is 17.1 Å². The van der Waals surface area contributed by atoms with Gasteiger partial charge in [-0.2, -0.15) is 0 Å². The lowest BCUT2D eigenvalue weighted by molar-refractivity contribution is -0.119. The number of nitrogens with one attached hydrogen (secondary N) is 1. The number of thiazole rings is 1. The third kappa shape index (κ3) is 2.77. The van der Waals surface area contributed by atoms with Gasteiger partial charge >= 0.3 is 5.97 Å². The molecule has 8 nitrogen and oxygen atoms in total. The predicted molar refractivity (Wildman–Crippen MR) is 65.1 cm³/mol. The van der Waals surface area contributed by atoms with Gasteiger partial charge < -0.3 is 14.4 Å². The molecule has 0 aliphatic carbocycles. The number of aromatic nitrogens is 2. The van der Waals surface area contributed by atoms with Crippen LogP contribution < -0.4 is 5.32 Å². The molecule has 0 aliphatic heterocycles. The van der Waals surface area contributed by atoms with E-state index in [4.69, 9.17) is 4.52 Å². The van der Waals surface area contributed by atoms with Crippen LogP contribution in [0.4, 0.5) is 5.88 Å². The van der Waals surface area contributed by atoms with Crippen molar-refractivity contribution in [3.63, 3.8) is 0 Å². The maximum atomic E-state index is 11.4. The number of rotatable bonds is 5. The Morgan fingerprint density at radius 2 is 2.37 bits per heavy atom. The first-order valence-corrected chi connectivity index (χ1v) is 5.93. The average molecular weight is 283 g/mol. The van der Waals surface area contributed by atoms with Crippen LogP contribution in [0.5, 0.6) is 0 Å². The summed E-state index contributed by atoms with van der Waals surface area (Å²) >= 11 is 1.22. The Morgan fingerprint density at radius 3 is 2.95 bits per heavy atom. The topological polar surface area (TPSA) is 115 Å². The van der Waals surface area contributed by atoms with E-state index in [1.165, 1.54) is 24.6 Å². The Bertz CT molecular complexity index is 592. The number of hydrogen-bond donors (Lipinski definition) is 2. The standard InChI is InChI=1S/C10H9N3O5S/c1-17-4-5(14)12-8-6(10(15)16)7(13-18-8)9-11-2-3-19-9/h2-3H,4H2,1H3,(H,12,14)(H,15,16). The normalized spacial score (nSPS) is 10.4. The van der Waals surface area contributed by atoms with Gasteiger partial charge in [0.1, 0.15) is 11.6 Å². The Labute approximate surface area is 111 Å². The Hall–Kier alpha value is -2.26. The van der Waals surface area contributed by atoms with E-state index in [-0.39, 0.29) is 23.7 Å². The second-order valence-corrected chi connectivity index (χ2v) is 4.25. The third-order valence-electron chi connectivity index (χ3n) is 2.07. The van der Waals surface area contributed by atoms with Gasteiger partial charge in [-0.05, 0) is 0 Å². The molecule has 0 atom stereocenters. The second kappa shape index (κ2) is 5.59. The summed E-state index contributed by atoms with van der Waals surface area (Å²) in [5.74, 6) is -2.04. The second-order valence-electron chi connectivity index (χ2n) is 3.36. The van der Waals surface area contributed by atoms with Crippen LogP contribution in [0.3, 0.4) is 0 Å². The summed E-state index contributed by atoms with van der Waals surface area (Å²) in [6.45, 7) is -0.216. The minimum Gasteiger partial charge on any atom is -0.477 e. The molecule has 0 saturated heterocycles. The maximum Gasteiger partial charge on any atom is 0.343 e. The van der Waals surface area contributed by atoms with Gasteiger partial charge in [-0.25, -0.2) is 9.78 Å². The molecule has 0 unspecified atom stereocenters. The first kappa shape index (κ1) is 13.2. The van der Waals surface area contributed by atoms with Gasteiger partial charge in [0.2, 0.25) is 5.88 Å². The minimum atomic E-state index is -1.26. The zero-order valence-corrected chi connectivity index (χ0v) is 10.6. The van der Waals surface area contributed by atoms with Crippen LogP contribution in [-0.4, -0.2) is 40.8 Å². The Morgan fingerprint density at radius 1 is 1.58 bits per heavy atom. The van der Waals surface area contributed by atoms with Gasteiger partial charge in [0.25, 0.3) is 5.91 Å². The molecular weight excluding hydrogens is 274 g/mol. The van der Waals surface area contributed by atoms with Crippen LogP contribution in [0.1, 0.15) is 10.4 Å². The van der Waals surface area contributed by atoms with Crippen LogP contribution in [0.15, 0.2) is 16.1 Å². The zero-order valence-electron chi connectivity index (χ0n) is 9.74. The number of carbonyl (C=O) groups excluding carboxylic acids is 1. The monoisotopic (exact) mass is 283 g/mol. The van der Waals surface area contributed by atoms with Crippen LogP contribution in [0, 0.1) is 0 Å². The molecule has 0 aromatic carbocycles. The SMILES string of the molecule is COCC(=O)Nc1onc(-c2nccs2)c1C(=O)O. The Kier molecular flexibility index (Phi) is 3.88. The number of amides is 1. The van der Waals surface area contributed by atoms with Gasteiger partial charge in [-0.3, -0.25) is 10.1 Å². The van der Waals surface area contributed by atoms with Crippen LogP contribution in [0.25, 0.3) is 10.7 Å². The average Bonchev–Trinajstić information content (AvgIpc) is 2.96. The number of hydrogen-bond acceptors (Lipinski definition) is 7. The number of aromatic carboxylic acids is 1. The molecule has 0 bridgehead atoms. The number of anilines is 1. The van der Waals surface area contributed by atoms with Crippen LogP contribution in [-0.2, 0) is 9.53 Å². The van der Waals surface area contributed by atoms with Crippen molar-refractivity contribution in [3.8, 4) is 10.7 Å². The van der Waals surface area contributed by atoms with E-state index >= 15 is 0 Å². The lowest BCUT2D eigenvalue weighted by Gasteiger charge is -2.00. The fourth-order valence-electron chi connectivity index (χ4n) is 1.35. The summed E-state index contributed by atoms with van der Waals surface area (Å²) in [4.78, 5) is 26.5. The molecule has 2 aromatic rings. The summed E-state index contributed by atoms with van der Waals surface area (Å²) in [5.41, 5.74) is -0.158. The fourth-order valence-corrected chi connectivity index (χ4v) is 1.98. The van der Waals surface area contributed by atoms with Crippen LogP contribution >= 0.6 is 11.3 Å². The number of methoxy groups -OCH3 is 1. The van der Waals surface area contributed by atoms with E-state index in [0.717, 1.165) is 0 Å². The molecule has 1 amide bonds. The van der Waals surface area contributed by atoms with Gasteiger partial charge in [0.15, 0.2) is 11.3 Å². The first-order valence-electron chi connectivity index (χ1n) is 5.05. The lowest BCUT2D eigenvalue weighted by Crippen LogP contribution is -2.18. The van der Waals surface area contributed by atoms with Gasteiger partial charge in [0, 0.05) is 18.7 Å². The van der Waals surface area contributed by atoms with Crippen molar-refractivity contribution >= 4 is 29.1 Å². The summed E-state index contributed by atoms with van der Waals surface area (Å²) in [7, 11) is 1.35. The van der Waals surface area contributed by atoms with E-state index in [1.807, 2.05) is 0 Å². The van der Waals surface area contributed by atoms with E-state index in [0.29, 0.717) is 5.01 Å². The molecule has 0 aliphatic rings. The van der Waals surface area contributed by atoms with Crippen molar-refractivity contribution in [1.82, 2.24) is 10.1 Å². The number of carbonyl (C=O) groups is 2. The molecule has 9 heteroatoms. The zero-order chi connectivity index (χ0) is 13.8. The van der Waals surface area contributed by atoms with Crippen molar-refractivity contribution in [2.24, 2.45) is 0 Å². The largest absolute Gasteiger partial charge is 0.477 e. The molecule has 19 heavy (non-hydrogen) atoms. The van der Waals surface area contributed by atoms with E-state index in [1.54, 1.807) is 5.38 Å². The maximum absolute atomic E-state index is 11.4. The highest BCUT2D eigenvalue weighted by molar-refractivity contribution is 7.13. The van der Waals surface area contributed by atoms with Crippen molar-refractivity contribution in [2.45, 2.75) is 0 Å². The quantitative estimate of drug-likeness (QED) is 0.843.